The monoisotopic (exact) mass is 332 g/mol. The fraction of sp³-hybridized carbons (Fsp3) is 0.222. The summed E-state index contributed by atoms with van der Waals surface area (Å²) >= 11 is 3.80. The third kappa shape index (κ3) is 2.43. The van der Waals surface area contributed by atoms with Crippen LogP contribution in [0.2, 0.25) is 0 Å². The van der Waals surface area contributed by atoms with E-state index in [1.807, 2.05) is 31.1 Å². The summed E-state index contributed by atoms with van der Waals surface area (Å²) in [5, 5.41) is 9.94. The molecule has 0 aromatic carbocycles. The molecule has 0 unspecified atom stereocenters. The Morgan fingerprint density at radius 3 is 2.73 bits per heavy atom. The molecular weight excluding hydrogens is 323 g/mol. The Hall–Kier alpha value is -0.760. The molecule has 0 aliphatic heterocycles. The van der Waals surface area contributed by atoms with E-state index in [1.165, 1.54) is 0 Å². The molecular formula is C9H9IN4S. The second-order valence-corrected chi connectivity index (χ2v) is 5.35. The number of aromatic nitrogens is 3. The average molecular weight is 332 g/mol. The standard InChI is InChI=1S/C9H9IN4S/c1-14(2)9-13-12-8(15-9)7-5-6(10)3-4-11-7/h3-5H,1-2H3. The number of nitrogens with zero attached hydrogens (tertiary/aromatic N) is 4. The fourth-order valence-corrected chi connectivity index (χ4v) is 2.21. The minimum atomic E-state index is 0.859. The van der Waals surface area contributed by atoms with Crippen LogP contribution in [0.3, 0.4) is 0 Å². The van der Waals surface area contributed by atoms with Crippen LogP contribution in [0, 0.1) is 3.57 Å². The molecule has 0 radical (unpaired) electrons. The maximum atomic E-state index is 4.27. The maximum absolute atomic E-state index is 4.27. The van der Waals surface area contributed by atoms with Crippen LogP contribution in [0.4, 0.5) is 5.13 Å². The highest BCUT2D eigenvalue weighted by Crippen LogP contribution is 2.26. The molecule has 0 amide bonds. The van der Waals surface area contributed by atoms with E-state index in [1.54, 1.807) is 17.5 Å². The molecule has 4 nitrogen and oxygen atoms in total. The van der Waals surface area contributed by atoms with E-state index in [0.717, 1.165) is 19.4 Å². The van der Waals surface area contributed by atoms with Crippen LogP contribution in [-0.2, 0) is 0 Å². The minimum Gasteiger partial charge on any atom is -0.353 e. The van der Waals surface area contributed by atoms with Crippen molar-refractivity contribution in [2.45, 2.75) is 0 Å². The van der Waals surface area contributed by atoms with Crippen molar-refractivity contribution in [3.63, 3.8) is 0 Å². The third-order valence-electron chi connectivity index (χ3n) is 1.74. The third-order valence-corrected chi connectivity index (χ3v) is 3.52. The van der Waals surface area contributed by atoms with Crippen LogP contribution < -0.4 is 4.90 Å². The van der Waals surface area contributed by atoms with Crippen molar-refractivity contribution >= 4 is 39.1 Å². The Balaban J connectivity index is 2.37. The van der Waals surface area contributed by atoms with Gasteiger partial charge in [-0.3, -0.25) is 4.98 Å². The molecule has 2 heterocycles. The smallest absolute Gasteiger partial charge is 0.208 e. The van der Waals surface area contributed by atoms with Gasteiger partial charge in [-0.2, -0.15) is 0 Å². The summed E-state index contributed by atoms with van der Waals surface area (Å²) in [7, 11) is 3.90. The van der Waals surface area contributed by atoms with Crippen molar-refractivity contribution in [3.8, 4) is 10.7 Å². The van der Waals surface area contributed by atoms with Crippen LogP contribution >= 0.6 is 33.9 Å². The van der Waals surface area contributed by atoms with Crippen LogP contribution in [0.5, 0.6) is 0 Å². The SMILES string of the molecule is CN(C)c1nnc(-c2cc(I)ccn2)s1. The van der Waals surface area contributed by atoms with Crippen molar-refractivity contribution in [2.75, 3.05) is 19.0 Å². The molecule has 6 heteroatoms. The molecule has 0 aliphatic rings. The van der Waals surface area contributed by atoms with Crippen molar-refractivity contribution in [2.24, 2.45) is 0 Å². The van der Waals surface area contributed by atoms with Gasteiger partial charge < -0.3 is 4.90 Å². The van der Waals surface area contributed by atoms with E-state index in [2.05, 4.69) is 37.8 Å². The van der Waals surface area contributed by atoms with Gasteiger partial charge >= 0.3 is 0 Å². The van der Waals surface area contributed by atoms with Crippen molar-refractivity contribution < 1.29 is 0 Å². The van der Waals surface area contributed by atoms with Gasteiger partial charge in [0.1, 0.15) is 5.69 Å². The summed E-state index contributed by atoms with van der Waals surface area (Å²) in [6, 6.07) is 3.96. The van der Waals surface area contributed by atoms with E-state index >= 15 is 0 Å². The molecule has 0 bridgehead atoms. The predicted molar refractivity (Wildman–Crippen MR) is 70.2 cm³/mol. The number of halogens is 1. The minimum absolute atomic E-state index is 0.859. The van der Waals surface area contributed by atoms with E-state index in [4.69, 9.17) is 0 Å². The first kappa shape index (κ1) is 10.7. The Morgan fingerprint density at radius 1 is 1.33 bits per heavy atom. The predicted octanol–water partition coefficient (Wildman–Crippen LogP) is 2.27. The first-order chi connectivity index (χ1) is 7.16. The highest BCUT2D eigenvalue weighted by atomic mass is 127. The molecule has 2 aromatic rings. The summed E-state index contributed by atoms with van der Waals surface area (Å²) < 4.78 is 1.15. The van der Waals surface area contributed by atoms with Gasteiger partial charge in [-0.1, -0.05) is 11.3 Å². The van der Waals surface area contributed by atoms with E-state index in [9.17, 15) is 0 Å². The lowest BCUT2D eigenvalue weighted by molar-refractivity contribution is 1.02. The molecule has 2 aromatic heterocycles. The zero-order chi connectivity index (χ0) is 10.8. The number of rotatable bonds is 2. The van der Waals surface area contributed by atoms with Gasteiger partial charge in [0, 0.05) is 23.9 Å². The summed E-state index contributed by atoms with van der Waals surface area (Å²) in [5.74, 6) is 0. The molecule has 0 N–H and O–H groups in total. The van der Waals surface area contributed by atoms with Crippen LogP contribution in [0.15, 0.2) is 18.3 Å². The van der Waals surface area contributed by atoms with Crippen molar-refractivity contribution in [1.82, 2.24) is 15.2 Å². The van der Waals surface area contributed by atoms with Gasteiger partial charge in [0.05, 0.1) is 0 Å². The lowest BCUT2D eigenvalue weighted by Gasteiger charge is -2.03. The highest BCUT2D eigenvalue weighted by molar-refractivity contribution is 14.1. The van der Waals surface area contributed by atoms with Gasteiger partial charge in [-0.15, -0.1) is 10.2 Å². The van der Waals surface area contributed by atoms with Crippen molar-refractivity contribution in [3.05, 3.63) is 21.9 Å². The van der Waals surface area contributed by atoms with Crippen molar-refractivity contribution in [1.29, 1.82) is 0 Å². The molecule has 0 aliphatic carbocycles. The van der Waals surface area contributed by atoms with E-state index in [-0.39, 0.29) is 0 Å². The highest BCUT2D eigenvalue weighted by Gasteiger charge is 2.08. The Kier molecular flexibility index (Phi) is 3.15. The summed E-state index contributed by atoms with van der Waals surface area (Å²) in [4.78, 5) is 6.21. The number of hydrogen-bond acceptors (Lipinski definition) is 5. The Morgan fingerprint density at radius 2 is 2.13 bits per heavy atom. The average Bonchev–Trinajstić information content (AvgIpc) is 2.66. The van der Waals surface area contributed by atoms with Gasteiger partial charge in [-0.25, -0.2) is 0 Å². The lowest BCUT2D eigenvalue weighted by Crippen LogP contribution is -2.07. The van der Waals surface area contributed by atoms with E-state index in [0.29, 0.717) is 0 Å². The molecule has 2 rings (SSSR count). The quantitative estimate of drug-likeness (QED) is 0.792. The number of pyridine rings is 1. The molecule has 15 heavy (non-hydrogen) atoms. The molecule has 0 atom stereocenters. The fourth-order valence-electron chi connectivity index (χ4n) is 1.02. The van der Waals surface area contributed by atoms with Crippen LogP contribution in [-0.4, -0.2) is 29.3 Å². The summed E-state index contributed by atoms with van der Waals surface area (Å²) in [6.07, 6.45) is 1.79. The second kappa shape index (κ2) is 4.40. The summed E-state index contributed by atoms with van der Waals surface area (Å²) in [6.45, 7) is 0. The summed E-state index contributed by atoms with van der Waals surface area (Å²) in [5.41, 5.74) is 0.882. The normalized spacial score (nSPS) is 10.3. The number of anilines is 1. The number of hydrogen-bond donors (Lipinski definition) is 0. The van der Waals surface area contributed by atoms with Crippen LogP contribution in [0.25, 0.3) is 10.7 Å². The topological polar surface area (TPSA) is 41.9 Å². The van der Waals surface area contributed by atoms with Gasteiger partial charge in [0.2, 0.25) is 5.13 Å². The van der Waals surface area contributed by atoms with Gasteiger partial charge in [-0.05, 0) is 34.7 Å². The van der Waals surface area contributed by atoms with Crippen LogP contribution in [0.1, 0.15) is 0 Å². The molecule has 0 saturated carbocycles. The van der Waals surface area contributed by atoms with Gasteiger partial charge in [0.15, 0.2) is 5.01 Å². The maximum Gasteiger partial charge on any atom is 0.208 e. The second-order valence-electron chi connectivity index (χ2n) is 3.14. The molecule has 0 saturated heterocycles. The van der Waals surface area contributed by atoms with Gasteiger partial charge in [0.25, 0.3) is 0 Å². The Bertz CT molecular complexity index is 469. The molecule has 78 valence electrons. The molecule has 0 spiro atoms. The Labute approximate surface area is 106 Å². The zero-order valence-electron chi connectivity index (χ0n) is 8.31. The molecule has 0 fully saturated rings. The first-order valence-electron chi connectivity index (χ1n) is 4.29. The lowest BCUT2D eigenvalue weighted by atomic mass is 10.4. The van der Waals surface area contributed by atoms with E-state index < -0.39 is 0 Å². The first-order valence-corrected chi connectivity index (χ1v) is 6.19. The largest absolute Gasteiger partial charge is 0.353 e. The zero-order valence-corrected chi connectivity index (χ0v) is 11.3.